The van der Waals surface area contributed by atoms with Crippen LogP contribution in [-0.2, 0) is 11.0 Å². The van der Waals surface area contributed by atoms with Gasteiger partial charge in [-0.05, 0) is 31.5 Å². The second kappa shape index (κ2) is 6.43. The molecule has 1 aliphatic rings. The first-order valence-corrected chi connectivity index (χ1v) is 7.80. The third-order valence-electron chi connectivity index (χ3n) is 4.17. The SMILES string of the molecule is Cc1nc(N[C@H]2CCN(C)C2=O)nnc1-c1ccc(C(F)(F)F)cc1O. The van der Waals surface area contributed by atoms with E-state index in [1.165, 1.54) is 0 Å². The lowest BCUT2D eigenvalue weighted by Gasteiger charge is -2.13. The second-order valence-corrected chi connectivity index (χ2v) is 6.04. The maximum absolute atomic E-state index is 12.7. The number of amides is 1. The molecule has 2 heterocycles. The normalized spacial score (nSPS) is 17.7. The topological polar surface area (TPSA) is 91.2 Å². The van der Waals surface area contributed by atoms with E-state index in [0.29, 0.717) is 24.7 Å². The Bertz CT molecular complexity index is 856. The molecule has 1 aromatic heterocycles. The average Bonchev–Trinajstić information content (AvgIpc) is 2.87. The van der Waals surface area contributed by atoms with Crippen LogP contribution in [0.25, 0.3) is 11.3 Å². The average molecular weight is 367 g/mol. The van der Waals surface area contributed by atoms with Crippen LogP contribution in [0, 0.1) is 6.92 Å². The zero-order valence-corrected chi connectivity index (χ0v) is 14.0. The van der Waals surface area contributed by atoms with Crippen LogP contribution >= 0.6 is 0 Å². The molecule has 0 radical (unpaired) electrons. The number of likely N-dealkylation sites (N-methyl/N-ethyl adjacent to an activating group) is 1. The number of alkyl halides is 3. The van der Waals surface area contributed by atoms with Crippen LogP contribution in [-0.4, -0.2) is 50.7 Å². The Morgan fingerprint density at radius 3 is 2.58 bits per heavy atom. The van der Waals surface area contributed by atoms with Gasteiger partial charge in [-0.15, -0.1) is 10.2 Å². The maximum Gasteiger partial charge on any atom is 0.416 e. The molecule has 2 N–H and O–H groups in total. The first kappa shape index (κ1) is 17.9. The van der Waals surface area contributed by atoms with Gasteiger partial charge < -0.3 is 15.3 Å². The number of aromatic nitrogens is 3. The van der Waals surface area contributed by atoms with E-state index in [2.05, 4.69) is 20.5 Å². The summed E-state index contributed by atoms with van der Waals surface area (Å²) < 4.78 is 38.1. The van der Waals surface area contributed by atoms with E-state index >= 15 is 0 Å². The van der Waals surface area contributed by atoms with Crippen LogP contribution in [0.1, 0.15) is 17.7 Å². The molecule has 0 saturated carbocycles. The van der Waals surface area contributed by atoms with Gasteiger partial charge in [0.05, 0.1) is 11.3 Å². The number of carbonyl (C=O) groups excluding carboxylic acids is 1. The number of benzene rings is 1. The number of nitrogens with one attached hydrogen (secondary N) is 1. The van der Waals surface area contributed by atoms with Gasteiger partial charge in [-0.1, -0.05) is 0 Å². The quantitative estimate of drug-likeness (QED) is 0.864. The number of aromatic hydroxyl groups is 1. The van der Waals surface area contributed by atoms with Gasteiger partial charge in [0.1, 0.15) is 17.5 Å². The highest BCUT2D eigenvalue weighted by Crippen LogP contribution is 2.36. The number of hydrogen-bond acceptors (Lipinski definition) is 6. The van der Waals surface area contributed by atoms with E-state index < -0.39 is 23.5 Å². The molecule has 1 aliphatic heterocycles. The number of nitrogens with zero attached hydrogens (tertiary/aromatic N) is 4. The van der Waals surface area contributed by atoms with Crippen LogP contribution in [0.5, 0.6) is 5.75 Å². The number of anilines is 1. The molecule has 7 nitrogen and oxygen atoms in total. The van der Waals surface area contributed by atoms with Crippen molar-refractivity contribution in [2.45, 2.75) is 25.6 Å². The summed E-state index contributed by atoms with van der Waals surface area (Å²) in [6, 6.07) is 2.18. The van der Waals surface area contributed by atoms with E-state index in [-0.39, 0.29) is 23.1 Å². The number of phenols is 1. The van der Waals surface area contributed by atoms with E-state index in [4.69, 9.17) is 0 Å². The van der Waals surface area contributed by atoms with Crippen molar-refractivity contribution in [1.82, 2.24) is 20.1 Å². The summed E-state index contributed by atoms with van der Waals surface area (Å²) in [6.07, 6.45) is -3.94. The van der Waals surface area contributed by atoms with Crippen LogP contribution in [0.15, 0.2) is 18.2 Å². The summed E-state index contributed by atoms with van der Waals surface area (Å²) in [5, 5.41) is 20.7. The van der Waals surface area contributed by atoms with E-state index in [0.717, 1.165) is 12.1 Å². The van der Waals surface area contributed by atoms with E-state index in [9.17, 15) is 23.1 Å². The molecule has 138 valence electrons. The van der Waals surface area contributed by atoms with Crippen LogP contribution in [0.3, 0.4) is 0 Å². The number of rotatable bonds is 3. The molecule has 0 spiro atoms. The molecule has 0 bridgehead atoms. The molecule has 26 heavy (non-hydrogen) atoms. The Hall–Kier alpha value is -2.91. The van der Waals surface area contributed by atoms with Crippen molar-refractivity contribution in [2.75, 3.05) is 18.9 Å². The van der Waals surface area contributed by atoms with Gasteiger partial charge in [0.15, 0.2) is 0 Å². The molecule has 2 aromatic rings. The second-order valence-electron chi connectivity index (χ2n) is 6.04. The molecule has 3 rings (SSSR count). The number of halogens is 3. The lowest BCUT2D eigenvalue weighted by atomic mass is 10.1. The minimum atomic E-state index is -4.55. The predicted molar refractivity (Wildman–Crippen MR) is 86.3 cm³/mol. The highest BCUT2D eigenvalue weighted by Gasteiger charge is 2.32. The number of phenolic OH excluding ortho intramolecular Hbond substituents is 1. The van der Waals surface area contributed by atoms with Crippen molar-refractivity contribution >= 4 is 11.9 Å². The maximum atomic E-state index is 12.7. The van der Waals surface area contributed by atoms with Crippen LogP contribution in [0.4, 0.5) is 19.1 Å². The molecule has 0 aliphatic carbocycles. The zero-order chi connectivity index (χ0) is 19.1. The van der Waals surface area contributed by atoms with Gasteiger partial charge in [0.25, 0.3) is 0 Å². The van der Waals surface area contributed by atoms with Gasteiger partial charge >= 0.3 is 6.18 Å². The number of likely N-dealkylation sites (tertiary alicyclic amines) is 1. The van der Waals surface area contributed by atoms with Crippen molar-refractivity contribution in [3.05, 3.63) is 29.5 Å². The van der Waals surface area contributed by atoms with Crippen LogP contribution in [0.2, 0.25) is 0 Å². The summed E-state index contributed by atoms with van der Waals surface area (Å²) in [5.74, 6) is -0.491. The standard InChI is InChI=1S/C16H16F3N5O2/c1-8-13(10-4-3-9(7-12(10)25)16(17,18)19)22-23-15(20-8)21-11-5-6-24(2)14(11)26/h3-4,7,11,25H,5-6H2,1-2H3,(H,20,21,23)/t11-/m0/s1. The Labute approximate surface area is 146 Å². The lowest BCUT2D eigenvalue weighted by molar-refractivity contribution is -0.137. The molecule has 1 aromatic carbocycles. The van der Waals surface area contributed by atoms with Gasteiger partial charge in [-0.3, -0.25) is 4.79 Å². The fourth-order valence-corrected chi connectivity index (χ4v) is 2.73. The van der Waals surface area contributed by atoms with Crippen molar-refractivity contribution in [2.24, 2.45) is 0 Å². The van der Waals surface area contributed by atoms with Gasteiger partial charge in [0, 0.05) is 19.2 Å². The first-order valence-electron chi connectivity index (χ1n) is 7.80. The lowest BCUT2D eigenvalue weighted by Crippen LogP contribution is -2.31. The number of hydrogen-bond donors (Lipinski definition) is 2. The van der Waals surface area contributed by atoms with E-state index in [1.54, 1.807) is 18.9 Å². The molecular formula is C16H16F3N5O2. The van der Waals surface area contributed by atoms with Gasteiger partial charge in [0.2, 0.25) is 11.9 Å². The smallest absolute Gasteiger partial charge is 0.416 e. The molecule has 10 heteroatoms. The number of aryl methyl sites for hydroxylation is 1. The van der Waals surface area contributed by atoms with Crippen molar-refractivity contribution in [3.8, 4) is 17.0 Å². The van der Waals surface area contributed by atoms with E-state index in [1.807, 2.05) is 0 Å². The highest BCUT2D eigenvalue weighted by molar-refractivity contribution is 5.86. The molecule has 0 unspecified atom stereocenters. The van der Waals surface area contributed by atoms with Crippen molar-refractivity contribution in [1.29, 1.82) is 0 Å². The highest BCUT2D eigenvalue weighted by atomic mass is 19.4. The number of carbonyl (C=O) groups is 1. The molecule has 1 amide bonds. The summed E-state index contributed by atoms with van der Waals surface area (Å²) in [4.78, 5) is 17.7. The van der Waals surface area contributed by atoms with Crippen molar-refractivity contribution < 1.29 is 23.1 Å². The molecule has 1 fully saturated rings. The van der Waals surface area contributed by atoms with Gasteiger partial charge in [-0.2, -0.15) is 13.2 Å². The summed E-state index contributed by atoms with van der Waals surface area (Å²) in [7, 11) is 1.70. The first-order chi connectivity index (χ1) is 12.2. The Kier molecular flexibility index (Phi) is 4.43. The van der Waals surface area contributed by atoms with Crippen molar-refractivity contribution in [3.63, 3.8) is 0 Å². The Morgan fingerprint density at radius 1 is 1.31 bits per heavy atom. The Balaban J connectivity index is 1.85. The minimum absolute atomic E-state index is 0.0734. The molecule has 1 atom stereocenters. The molecular weight excluding hydrogens is 351 g/mol. The third-order valence-corrected chi connectivity index (χ3v) is 4.17. The zero-order valence-electron chi connectivity index (χ0n) is 14.0. The third kappa shape index (κ3) is 3.39. The monoisotopic (exact) mass is 367 g/mol. The van der Waals surface area contributed by atoms with Gasteiger partial charge in [-0.25, -0.2) is 4.98 Å². The van der Waals surface area contributed by atoms with Crippen LogP contribution < -0.4 is 5.32 Å². The summed E-state index contributed by atoms with van der Waals surface area (Å²) in [5.41, 5.74) is -0.341. The minimum Gasteiger partial charge on any atom is -0.507 e. The Morgan fingerprint density at radius 2 is 2.04 bits per heavy atom. The summed E-state index contributed by atoms with van der Waals surface area (Å²) >= 11 is 0. The fraction of sp³-hybridized carbons (Fsp3) is 0.375. The summed E-state index contributed by atoms with van der Waals surface area (Å²) in [6.45, 7) is 2.22. The predicted octanol–water partition coefficient (Wildman–Crippen LogP) is 2.21. The molecule has 1 saturated heterocycles. The fourth-order valence-electron chi connectivity index (χ4n) is 2.73. The largest absolute Gasteiger partial charge is 0.507 e.